The number of aryl methyl sites for hydroxylation is 1. The molecule has 2 aliphatic rings. The van der Waals surface area contributed by atoms with Gasteiger partial charge >= 0.3 is 4.87 Å². The molecule has 12 heteroatoms. The number of hydrogen-bond acceptors (Lipinski definition) is 8. The fourth-order valence-corrected chi connectivity index (χ4v) is 8.26. The second kappa shape index (κ2) is 11.3. The van der Waals surface area contributed by atoms with E-state index in [0.717, 1.165) is 28.7 Å². The molecule has 3 amide bonds. The smallest absolute Gasteiger partial charge is 0.308 e. The number of amides is 3. The van der Waals surface area contributed by atoms with Crippen LogP contribution in [0, 0.1) is 18.7 Å². The van der Waals surface area contributed by atoms with E-state index >= 15 is 0 Å². The third kappa shape index (κ3) is 5.10. The molecule has 1 saturated heterocycles. The summed E-state index contributed by atoms with van der Waals surface area (Å²) < 4.78 is 25.6. The van der Waals surface area contributed by atoms with E-state index in [2.05, 4.69) is 5.32 Å². The van der Waals surface area contributed by atoms with Crippen LogP contribution in [0.4, 0.5) is 15.8 Å². The molecule has 3 heterocycles. The third-order valence-corrected chi connectivity index (χ3v) is 10.1. The zero-order chi connectivity index (χ0) is 30.4. The monoisotopic (exact) mass is 619 g/mol. The third-order valence-electron chi connectivity index (χ3n) is 7.54. The second-order valence-corrected chi connectivity index (χ2v) is 12.3. The summed E-state index contributed by atoms with van der Waals surface area (Å²) in [6.07, 6.45) is 0. The summed E-state index contributed by atoms with van der Waals surface area (Å²) in [6.45, 7) is 1.60. The normalized spacial score (nSPS) is 19.2. The van der Waals surface area contributed by atoms with E-state index in [1.165, 1.54) is 48.0 Å². The van der Waals surface area contributed by atoms with Crippen LogP contribution in [0.5, 0.6) is 11.5 Å². The molecule has 0 radical (unpaired) electrons. The molecule has 0 aliphatic carbocycles. The lowest BCUT2D eigenvalue weighted by Gasteiger charge is -2.31. The largest absolute Gasteiger partial charge is 0.493 e. The van der Waals surface area contributed by atoms with Crippen LogP contribution in [-0.2, 0) is 20.9 Å². The predicted molar refractivity (Wildman–Crippen MR) is 162 cm³/mol. The maximum Gasteiger partial charge on any atom is 0.308 e. The number of nitrogens with zero attached hydrogens (tertiary/aromatic N) is 2. The molecule has 9 nitrogen and oxygen atoms in total. The number of carbonyl (C=O) groups is 3. The first-order valence-electron chi connectivity index (χ1n) is 13.3. The number of ether oxygens (including phenoxy) is 2. The first-order valence-corrected chi connectivity index (χ1v) is 15.0. The first-order chi connectivity index (χ1) is 20.7. The predicted octanol–water partition coefficient (Wildman–Crippen LogP) is 4.81. The lowest BCUT2D eigenvalue weighted by Crippen LogP contribution is -2.33. The molecule has 0 spiro atoms. The lowest BCUT2D eigenvalue weighted by atomic mass is 9.83. The molecule has 0 bridgehead atoms. The Labute approximate surface area is 254 Å². The standard InChI is InChI=1S/C31H26FN3O6S2/c1-16-4-11-20(12-5-16)35-28(37)25-24(17-6-13-21(40-2)22(14-17)41-3)27-30(42-26(25)29(35)38)34(31(39)43-27)15-23(36)33-19-9-7-18(32)8-10-19/h4-14,24-26H,15H2,1-3H3,(H,33,36). The molecule has 43 heavy (non-hydrogen) atoms. The minimum atomic E-state index is -0.834. The Morgan fingerprint density at radius 1 is 0.930 bits per heavy atom. The van der Waals surface area contributed by atoms with Crippen LogP contribution in [0.1, 0.15) is 21.9 Å². The van der Waals surface area contributed by atoms with Crippen LogP contribution < -0.4 is 24.6 Å². The average Bonchev–Trinajstić information content (AvgIpc) is 3.44. The van der Waals surface area contributed by atoms with Crippen molar-refractivity contribution in [2.45, 2.75) is 29.7 Å². The summed E-state index contributed by atoms with van der Waals surface area (Å²) in [4.78, 5) is 55.7. The minimum absolute atomic E-state index is 0.325. The van der Waals surface area contributed by atoms with Gasteiger partial charge in [-0.1, -0.05) is 46.9 Å². The SMILES string of the molecule is COc1ccc(C2c3sc(=O)n(CC(=O)Nc4ccc(F)cc4)c3SC3C(=O)N(c4ccc(C)cc4)C(=O)C32)cc1OC. The number of thiazole rings is 1. The van der Waals surface area contributed by atoms with E-state index in [4.69, 9.17) is 9.47 Å². The number of anilines is 2. The van der Waals surface area contributed by atoms with Gasteiger partial charge in [0.1, 0.15) is 17.6 Å². The first kappa shape index (κ1) is 28.7. The number of aromatic nitrogens is 1. The molecule has 2 aliphatic heterocycles. The molecule has 4 aromatic rings. The Kier molecular flexibility index (Phi) is 7.57. The number of thioether (sulfide) groups is 1. The number of carbonyl (C=O) groups excluding carboxylic acids is 3. The summed E-state index contributed by atoms with van der Waals surface area (Å²) >= 11 is 2.08. The van der Waals surface area contributed by atoms with Gasteiger partial charge in [0.25, 0.3) is 0 Å². The average molecular weight is 620 g/mol. The van der Waals surface area contributed by atoms with Crippen molar-refractivity contribution in [3.63, 3.8) is 0 Å². The van der Waals surface area contributed by atoms with Gasteiger partial charge in [-0.2, -0.15) is 0 Å². The quantitative estimate of drug-likeness (QED) is 0.296. The fraction of sp³-hybridized carbons (Fsp3) is 0.226. The number of methoxy groups -OCH3 is 2. The van der Waals surface area contributed by atoms with E-state index in [1.807, 2.05) is 19.1 Å². The van der Waals surface area contributed by atoms with Gasteiger partial charge in [-0.05, 0) is 61.0 Å². The molecule has 3 atom stereocenters. The highest BCUT2D eigenvalue weighted by Crippen LogP contribution is 2.54. The Hall–Kier alpha value is -4.42. The van der Waals surface area contributed by atoms with Crippen LogP contribution in [0.3, 0.4) is 0 Å². The molecule has 1 fully saturated rings. The highest BCUT2D eigenvalue weighted by molar-refractivity contribution is 8.00. The Bertz CT molecular complexity index is 1800. The number of rotatable bonds is 7. The zero-order valence-electron chi connectivity index (χ0n) is 23.3. The number of imide groups is 1. The number of nitrogens with one attached hydrogen (secondary N) is 1. The zero-order valence-corrected chi connectivity index (χ0v) is 25.0. The summed E-state index contributed by atoms with van der Waals surface area (Å²) in [5, 5.41) is 2.30. The molecule has 0 saturated carbocycles. The van der Waals surface area contributed by atoms with Crippen molar-refractivity contribution in [3.8, 4) is 11.5 Å². The Morgan fingerprint density at radius 3 is 2.30 bits per heavy atom. The van der Waals surface area contributed by atoms with E-state index in [-0.39, 0.29) is 18.4 Å². The van der Waals surface area contributed by atoms with Gasteiger partial charge < -0.3 is 14.8 Å². The van der Waals surface area contributed by atoms with Crippen molar-refractivity contribution < 1.29 is 28.2 Å². The van der Waals surface area contributed by atoms with Crippen molar-refractivity contribution in [2.24, 2.45) is 5.92 Å². The highest BCUT2D eigenvalue weighted by Gasteiger charge is 2.57. The van der Waals surface area contributed by atoms with Crippen molar-refractivity contribution >= 4 is 52.2 Å². The molecule has 220 valence electrons. The van der Waals surface area contributed by atoms with Crippen LogP contribution in [0.15, 0.2) is 76.6 Å². The van der Waals surface area contributed by atoms with Gasteiger partial charge in [0, 0.05) is 16.5 Å². The van der Waals surface area contributed by atoms with Gasteiger partial charge in [-0.25, -0.2) is 9.29 Å². The van der Waals surface area contributed by atoms with E-state index in [9.17, 15) is 23.6 Å². The Balaban J connectivity index is 1.43. The molecule has 3 aromatic carbocycles. The van der Waals surface area contributed by atoms with Crippen molar-refractivity contribution in [1.29, 1.82) is 0 Å². The number of fused-ring (bicyclic) bond motifs is 2. The van der Waals surface area contributed by atoms with Crippen LogP contribution in [0.25, 0.3) is 0 Å². The molecule has 1 aromatic heterocycles. The van der Waals surface area contributed by atoms with Crippen molar-refractivity contribution in [2.75, 3.05) is 24.4 Å². The van der Waals surface area contributed by atoms with Crippen molar-refractivity contribution in [3.05, 3.63) is 98.2 Å². The van der Waals surface area contributed by atoms with Gasteiger partial charge in [0.2, 0.25) is 17.7 Å². The molecule has 1 N–H and O–H groups in total. The minimum Gasteiger partial charge on any atom is -0.493 e. The van der Waals surface area contributed by atoms with Crippen LogP contribution in [-0.4, -0.2) is 41.8 Å². The van der Waals surface area contributed by atoms with E-state index < -0.39 is 33.7 Å². The molecular weight excluding hydrogens is 593 g/mol. The Morgan fingerprint density at radius 2 is 1.63 bits per heavy atom. The second-order valence-electron chi connectivity index (χ2n) is 10.2. The summed E-state index contributed by atoms with van der Waals surface area (Å²) in [7, 11) is 3.02. The fourth-order valence-electron chi connectivity index (χ4n) is 5.49. The molecule has 3 unspecified atom stereocenters. The lowest BCUT2D eigenvalue weighted by molar-refractivity contribution is -0.122. The van der Waals surface area contributed by atoms with Gasteiger partial charge in [0.15, 0.2) is 11.5 Å². The summed E-state index contributed by atoms with van der Waals surface area (Å²) in [5.74, 6) is -2.21. The summed E-state index contributed by atoms with van der Waals surface area (Å²) in [6, 6.07) is 17.7. The van der Waals surface area contributed by atoms with Gasteiger partial charge in [-0.3, -0.25) is 23.7 Å². The van der Waals surface area contributed by atoms with E-state index in [1.54, 1.807) is 30.3 Å². The number of halogens is 1. The number of benzene rings is 3. The topological polar surface area (TPSA) is 107 Å². The van der Waals surface area contributed by atoms with Crippen LogP contribution in [0.2, 0.25) is 0 Å². The molecule has 6 rings (SSSR count). The molecular formula is C31H26FN3O6S2. The highest BCUT2D eigenvalue weighted by atomic mass is 32.2. The van der Waals surface area contributed by atoms with Gasteiger partial charge in [-0.15, -0.1) is 0 Å². The van der Waals surface area contributed by atoms with Gasteiger partial charge in [0.05, 0.1) is 30.9 Å². The number of hydrogen-bond donors (Lipinski definition) is 1. The maximum absolute atomic E-state index is 14.1. The van der Waals surface area contributed by atoms with Crippen LogP contribution >= 0.6 is 23.1 Å². The van der Waals surface area contributed by atoms with Crippen molar-refractivity contribution in [1.82, 2.24) is 4.57 Å². The van der Waals surface area contributed by atoms with E-state index in [0.29, 0.717) is 38.3 Å². The maximum atomic E-state index is 14.1. The summed E-state index contributed by atoms with van der Waals surface area (Å²) in [5.41, 5.74) is 2.51.